The van der Waals surface area contributed by atoms with Crippen molar-refractivity contribution in [2.75, 3.05) is 0 Å². The van der Waals surface area contributed by atoms with E-state index in [9.17, 15) is 9.59 Å². The van der Waals surface area contributed by atoms with Gasteiger partial charge in [0.1, 0.15) is 0 Å². The Kier molecular flexibility index (Phi) is 5.06. The molecule has 1 saturated heterocycles. The molecule has 132 valence electrons. The lowest BCUT2D eigenvalue weighted by molar-refractivity contribution is -0.143. The quantitative estimate of drug-likeness (QED) is 0.689. The summed E-state index contributed by atoms with van der Waals surface area (Å²) >= 11 is 4.97. The van der Waals surface area contributed by atoms with Crippen LogP contribution in [-0.4, -0.2) is 33.3 Å². The predicted octanol–water partition coefficient (Wildman–Crippen LogP) is 4.05. The van der Waals surface area contributed by atoms with Crippen molar-refractivity contribution in [2.45, 2.75) is 45.1 Å². The summed E-state index contributed by atoms with van der Waals surface area (Å²) in [6, 6.07) is 7.06. The third kappa shape index (κ3) is 3.27. The van der Waals surface area contributed by atoms with Gasteiger partial charge in [0.05, 0.1) is 28.7 Å². The summed E-state index contributed by atoms with van der Waals surface area (Å²) in [6.07, 6.45) is -0.249. The molecule has 1 fully saturated rings. The highest BCUT2D eigenvalue weighted by Crippen LogP contribution is 2.44. The van der Waals surface area contributed by atoms with E-state index in [4.69, 9.17) is 4.74 Å². The van der Waals surface area contributed by atoms with Crippen LogP contribution in [0.4, 0.5) is 0 Å². The van der Waals surface area contributed by atoms with E-state index in [1.165, 1.54) is 11.8 Å². The zero-order valence-corrected chi connectivity index (χ0v) is 16.8. The Morgan fingerprint density at radius 1 is 1.36 bits per heavy atom. The Hall–Kier alpha value is -1.60. The molecule has 0 aromatic heterocycles. The third-order valence-corrected chi connectivity index (χ3v) is 5.80. The van der Waals surface area contributed by atoms with Crippen LogP contribution in [0.3, 0.4) is 0 Å². The average molecular weight is 423 g/mol. The maximum absolute atomic E-state index is 12.8. The molecule has 7 heteroatoms. The van der Waals surface area contributed by atoms with Gasteiger partial charge in [-0.25, -0.2) is 9.79 Å². The van der Waals surface area contributed by atoms with E-state index in [1.807, 2.05) is 31.2 Å². The maximum atomic E-state index is 12.8. The minimum atomic E-state index is -0.542. The Morgan fingerprint density at radius 3 is 2.68 bits per heavy atom. The Morgan fingerprint density at radius 2 is 2.04 bits per heavy atom. The summed E-state index contributed by atoms with van der Waals surface area (Å²) in [5.74, 6) is -0.486. The van der Waals surface area contributed by atoms with Crippen molar-refractivity contribution >= 4 is 44.7 Å². The molecule has 0 N–H and O–H groups in total. The first kappa shape index (κ1) is 18.2. The highest BCUT2D eigenvalue weighted by molar-refractivity contribution is 9.10. The summed E-state index contributed by atoms with van der Waals surface area (Å²) < 4.78 is 6.27. The van der Waals surface area contributed by atoms with Crippen LogP contribution in [0.25, 0.3) is 0 Å². The highest BCUT2D eigenvalue weighted by atomic mass is 79.9. The number of benzene rings is 1. The van der Waals surface area contributed by atoms with Crippen molar-refractivity contribution in [3.63, 3.8) is 0 Å². The van der Waals surface area contributed by atoms with Gasteiger partial charge in [0, 0.05) is 4.47 Å². The largest absolute Gasteiger partial charge is 0.459 e. The van der Waals surface area contributed by atoms with Crippen molar-refractivity contribution in [3.05, 3.63) is 45.6 Å². The number of carbonyl (C=O) groups is 2. The first-order chi connectivity index (χ1) is 11.8. The monoisotopic (exact) mass is 422 g/mol. The van der Waals surface area contributed by atoms with Crippen molar-refractivity contribution in [1.29, 1.82) is 0 Å². The van der Waals surface area contributed by atoms with Gasteiger partial charge in [-0.3, -0.25) is 9.69 Å². The number of allylic oxidation sites excluding steroid dienone is 1. The number of halogens is 1. The fraction of sp³-hybridized carbons (Fsp3) is 0.389. The number of rotatable bonds is 3. The molecule has 0 radical (unpaired) electrons. The Bertz CT molecular complexity index is 803. The highest BCUT2D eigenvalue weighted by Gasteiger charge is 2.46. The number of ether oxygens (including phenoxy) is 1. The number of hydrogen-bond acceptors (Lipinski definition) is 5. The summed E-state index contributed by atoms with van der Waals surface area (Å²) in [4.78, 5) is 31.7. The lowest BCUT2D eigenvalue weighted by Crippen LogP contribution is -2.41. The fourth-order valence-electron chi connectivity index (χ4n) is 2.93. The number of amides is 1. The van der Waals surface area contributed by atoms with Crippen LogP contribution in [0.15, 0.2) is 45.0 Å². The van der Waals surface area contributed by atoms with Crippen LogP contribution in [0.5, 0.6) is 0 Å². The van der Waals surface area contributed by atoms with E-state index in [0.29, 0.717) is 16.4 Å². The van der Waals surface area contributed by atoms with E-state index in [-0.39, 0.29) is 17.3 Å². The molecular formula is C18H19BrN2O3S. The normalized spacial score (nSPS) is 23.0. The van der Waals surface area contributed by atoms with Crippen molar-refractivity contribution in [2.24, 2.45) is 4.99 Å². The van der Waals surface area contributed by atoms with Gasteiger partial charge in [-0.05, 0) is 39.3 Å². The van der Waals surface area contributed by atoms with Gasteiger partial charge >= 0.3 is 5.97 Å². The SMILES string of the molecule is CC1=C(C(=O)OC(C)C)C(c2ccccc2Br)N2C(=O)C(C)SC2=N1. The molecule has 2 aliphatic heterocycles. The number of fused-ring (bicyclic) bond motifs is 1. The number of carbonyl (C=O) groups excluding carboxylic acids is 2. The molecule has 2 aliphatic rings. The number of aliphatic imine (C=N–C) groups is 1. The van der Waals surface area contributed by atoms with Crippen LogP contribution in [0.1, 0.15) is 39.3 Å². The standard InChI is InChI=1S/C18H19BrN2O3S/c1-9(2)24-17(23)14-10(3)20-18-21(16(22)11(4)25-18)15(14)12-7-5-6-8-13(12)19/h5-9,11,15H,1-4H3. The first-order valence-corrected chi connectivity index (χ1v) is 9.73. The number of esters is 1. The predicted molar refractivity (Wildman–Crippen MR) is 102 cm³/mol. The van der Waals surface area contributed by atoms with Crippen LogP contribution < -0.4 is 0 Å². The molecular weight excluding hydrogens is 404 g/mol. The molecule has 1 aromatic carbocycles. The minimum absolute atomic E-state index is 0.0492. The van der Waals surface area contributed by atoms with Crippen LogP contribution in [0.2, 0.25) is 0 Å². The van der Waals surface area contributed by atoms with Gasteiger partial charge < -0.3 is 4.74 Å². The zero-order chi connectivity index (χ0) is 18.3. The number of nitrogens with zero attached hydrogens (tertiary/aromatic N) is 2. The summed E-state index contributed by atoms with van der Waals surface area (Å²) in [5.41, 5.74) is 1.84. The molecule has 2 unspecified atom stereocenters. The van der Waals surface area contributed by atoms with Crippen molar-refractivity contribution in [3.8, 4) is 0 Å². The number of amidine groups is 1. The topological polar surface area (TPSA) is 59.0 Å². The minimum Gasteiger partial charge on any atom is -0.459 e. The lowest BCUT2D eigenvalue weighted by atomic mass is 9.94. The van der Waals surface area contributed by atoms with Gasteiger partial charge in [-0.15, -0.1) is 0 Å². The summed E-state index contributed by atoms with van der Waals surface area (Å²) in [6.45, 7) is 7.25. The lowest BCUT2D eigenvalue weighted by Gasteiger charge is -2.33. The molecule has 0 spiro atoms. The van der Waals surface area contributed by atoms with E-state index in [1.54, 1.807) is 25.7 Å². The maximum Gasteiger partial charge on any atom is 0.338 e. The average Bonchev–Trinajstić information content (AvgIpc) is 2.80. The molecule has 25 heavy (non-hydrogen) atoms. The fourth-order valence-corrected chi connectivity index (χ4v) is 4.46. The van der Waals surface area contributed by atoms with E-state index in [2.05, 4.69) is 20.9 Å². The molecule has 3 rings (SSSR count). The van der Waals surface area contributed by atoms with Crippen LogP contribution >= 0.6 is 27.7 Å². The Labute approximate surface area is 159 Å². The van der Waals surface area contributed by atoms with E-state index >= 15 is 0 Å². The smallest absolute Gasteiger partial charge is 0.338 e. The molecule has 5 nitrogen and oxygen atoms in total. The number of hydrogen-bond donors (Lipinski definition) is 0. The molecule has 0 aliphatic carbocycles. The summed E-state index contributed by atoms with van der Waals surface area (Å²) in [7, 11) is 0. The third-order valence-electron chi connectivity index (χ3n) is 4.02. The molecule has 1 amide bonds. The van der Waals surface area contributed by atoms with Crippen LogP contribution in [0, 0.1) is 0 Å². The van der Waals surface area contributed by atoms with E-state index in [0.717, 1.165) is 10.0 Å². The second-order valence-electron chi connectivity index (χ2n) is 6.24. The second kappa shape index (κ2) is 6.96. The summed E-state index contributed by atoms with van der Waals surface area (Å²) in [5, 5.41) is 0.411. The van der Waals surface area contributed by atoms with Gasteiger partial charge in [-0.2, -0.15) is 0 Å². The van der Waals surface area contributed by atoms with E-state index < -0.39 is 12.0 Å². The molecule has 1 aromatic rings. The zero-order valence-electron chi connectivity index (χ0n) is 14.4. The number of thioether (sulfide) groups is 1. The van der Waals surface area contributed by atoms with Gasteiger partial charge in [-0.1, -0.05) is 45.9 Å². The van der Waals surface area contributed by atoms with Gasteiger partial charge in [0.2, 0.25) is 5.91 Å². The molecule has 2 atom stereocenters. The molecule has 2 heterocycles. The molecule has 0 bridgehead atoms. The van der Waals surface area contributed by atoms with Crippen molar-refractivity contribution in [1.82, 2.24) is 4.90 Å². The molecule has 0 saturated carbocycles. The van der Waals surface area contributed by atoms with Crippen molar-refractivity contribution < 1.29 is 14.3 Å². The second-order valence-corrected chi connectivity index (χ2v) is 8.40. The van der Waals surface area contributed by atoms with Gasteiger partial charge in [0.15, 0.2) is 5.17 Å². The first-order valence-electron chi connectivity index (χ1n) is 8.05. The van der Waals surface area contributed by atoms with Gasteiger partial charge in [0.25, 0.3) is 0 Å². The van der Waals surface area contributed by atoms with Crippen LogP contribution in [-0.2, 0) is 14.3 Å². The Balaban J connectivity index is 2.17.